The van der Waals surface area contributed by atoms with Gasteiger partial charge in [-0.3, -0.25) is 9.59 Å². The Labute approximate surface area is 346 Å². The van der Waals surface area contributed by atoms with E-state index in [0.29, 0.717) is 32.7 Å². The van der Waals surface area contributed by atoms with E-state index in [4.69, 9.17) is 14.2 Å². The zero-order valence-electron chi connectivity index (χ0n) is 37.1. The number of hydrogen-bond acceptors (Lipinski definition) is 6. The van der Waals surface area contributed by atoms with Crippen LogP contribution in [0.3, 0.4) is 0 Å². The molecule has 0 saturated heterocycles. The molecule has 56 heavy (non-hydrogen) atoms. The Kier molecular flexibility index (Phi) is 39.7. The van der Waals surface area contributed by atoms with Gasteiger partial charge in [-0.15, -0.1) is 0 Å². The van der Waals surface area contributed by atoms with Crippen molar-refractivity contribution in [2.24, 2.45) is 0 Å². The molecule has 8 nitrogen and oxygen atoms in total. The van der Waals surface area contributed by atoms with Gasteiger partial charge in [0, 0.05) is 25.0 Å². The molecule has 328 valence electrons. The number of nitrogens with zero attached hydrogens (tertiary/aromatic N) is 2. The predicted octanol–water partition coefficient (Wildman–Crippen LogP) is 13.3. The van der Waals surface area contributed by atoms with Gasteiger partial charge in [-0.1, -0.05) is 206 Å². The third-order valence-corrected chi connectivity index (χ3v) is 11.2. The van der Waals surface area contributed by atoms with E-state index in [1.165, 1.54) is 193 Å². The Balaban J connectivity index is 2.16. The highest BCUT2D eigenvalue weighted by Crippen LogP contribution is 2.16. The van der Waals surface area contributed by atoms with Crippen LogP contribution in [0.5, 0.6) is 0 Å². The topological polar surface area (TPSA) is 93.8 Å². The average Bonchev–Trinajstić information content (AvgIpc) is 3.74. The minimum absolute atomic E-state index is 0.0955. The molecule has 0 saturated carbocycles. The normalized spacial score (nSPS) is 11.4. The molecule has 0 aliphatic heterocycles. The number of carbonyl (C=O) groups is 2. The smallest absolute Gasteiger partial charge is 0.306 e. The quantitative estimate of drug-likeness (QED) is 0.0522. The van der Waals surface area contributed by atoms with E-state index >= 15 is 0 Å². The molecule has 0 fully saturated rings. The van der Waals surface area contributed by atoms with E-state index in [9.17, 15) is 9.59 Å². The Hall–Kier alpha value is -1.93. The van der Waals surface area contributed by atoms with E-state index < -0.39 is 0 Å². The van der Waals surface area contributed by atoms with Crippen molar-refractivity contribution in [1.29, 1.82) is 0 Å². The van der Waals surface area contributed by atoms with E-state index in [2.05, 4.69) is 28.7 Å². The first-order chi connectivity index (χ1) is 27.7. The van der Waals surface area contributed by atoms with Crippen molar-refractivity contribution >= 4 is 11.9 Å². The number of carbonyl (C=O) groups excluding carboxylic acids is 2. The van der Waals surface area contributed by atoms with Crippen LogP contribution in [0.2, 0.25) is 0 Å². The van der Waals surface area contributed by atoms with Crippen LogP contribution in [0.15, 0.2) is 12.5 Å². The first kappa shape index (κ1) is 52.1. The lowest BCUT2D eigenvalue weighted by Crippen LogP contribution is -2.36. The van der Waals surface area contributed by atoms with Gasteiger partial charge in [0.1, 0.15) is 13.2 Å². The highest BCUT2D eigenvalue weighted by molar-refractivity contribution is 5.77. The molecular weight excluding hydrogens is 699 g/mol. The van der Waals surface area contributed by atoms with Crippen LogP contribution < -0.4 is 0 Å². The fourth-order valence-corrected chi connectivity index (χ4v) is 7.48. The van der Waals surface area contributed by atoms with Crippen LogP contribution in [0, 0.1) is 0 Å². The molecule has 0 atom stereocenters. The van der Waals surface area contributed by atoms with Gasteiger partial charge in [-0.2, -0.15) is 0 Å². The van der Waals surface area contributed by atoms with E-state index in [1.807, 2.05) is 0 Å². The third-order valence-electron chi connectivity index (χ3n) is 11.2. The average molecular weight is 790 g/mol. The summed E-state index contributed by atoms with van der Waals surface area (Å²) in [6.45, 7) is 7.61. The van der Waals surface area contributed by atoms with Gasteiger partial charge in [-0.05, 0) is 19.3 Å². The molecule has 0 aliphatic carbocycles. The zero-order chi connectivity index (χ0) is 40.3. The number of aromatic amines is 1. The minimum Gasteiger partial charge on any atom is -0.463 e. The first-order valence-electron chi connectivity index (χ1n) is 24.2. The number of esters is 1. The standard InChI is InChI=1S/C48H91N3O5/c1-3-5-7-9-11-13-15-17-19-21-23-25-27-29-31-33-37-51(38-34-32-30-28-26-24-22-20-18-16-14-12-10-8-6-4-2)47(52)44-55-40-39-54-41-42-56-48(53)36-35-46-43-49-45-50-46/h43,45H,3-42,44H2,1-2H3,(H,49,50). The minimum atomic E-state index is -0.251. The summed E-state index contributed by atoms with van der Waals surface area (Å²) in [5.74, 6) is -0.156. The van der Waals surface area contributed by atoms with Crippen LogP contribution in [0.4, 0.5) is 0 Å². The maximum absolute atomic E-state index is 13.2. The molecular formula is C48H91N3O5. The van der Waals surface area contributed by atoms with Gasteiger partial charge < -0.3 is 24.1 Å². The van der Waals surface area contributed by atoms with Crippen molar-refractivity contribution in [3.05, 3.63) is 18.2 Å². The summed E-state index contributed by atoms with van der Waals surface area (Å²) in [6.07, 6.45) is 47.6. The van der Waals surface area contributed by atoms with Gasteiger partial charge >= 0.3 is 5.97 Å². The molecule has 0 bridgehead atoms. The van der Waals surface area contributed by atoms with Crippen molar-refractivity contribution in [1.82, 2.24) is 14.9 Å². The largest absolute Gasteiger partial charge is 0.463 e. The van der Waals surface area contributed by atoms with Crippen LogP contribution in [0.25, 0.3) is 0 Å². The predicted molar refractivity (Wildman–Crippen MR) is 235 cm³/mol. The second-order valence-corrected chi connectivity index (χ2v) is 16.4. The fraction of sp³-hybridized carbons (Fsp3) is 0.896. The van der Waals surface area contributed by atoms with Gasteiger partial charge in [0.2, 0.25) is 5.91 Å². The number of ether oxygens (including phenoxy) is 3. The molecule has 0 aliphatic rings. The van der Waals surface area contributed by atoms with Crippen LogP contribution in [-0.2, 0) is 30.2 Å². The van der Waals surface area contributed by atoms with Crippen molar-refractivity contribution in [3.63, 3.8) is 0 Å². The summed E-state index contributed by atoms with van der Waals surface area (Å²) < 4.78 is 16.5. The number of H-pyrrole nitrogens is 1. The summed E-state index contributed by atoms with van der Waals surface area (Å²) in [7, 11) is 0. The number of nitrogens with one attached hydrogen (secondary N) is 1. The number of aromatic nitrogens is 2. The summed E-state index contributed by atoms with van der Waals surface area (Å²) in [5, 5.41) is 0. The molecule has 1 heterocycles. The molecule has 0 unspecified atom stereocenters. The molecule has 1 amide bonds. The monoisotopic (exact) mass is 790 g/mol. The molecule has 1 aromatic heterocycles. The van der Waals surface area contributed by atoms with Crippen LogP contribution >= 0.6 is 0 Å². The molecule has 8 heteroatoms. The maximum atomic E-state index is 13.2. The number of aryl methyl sites for hydroxylation is 1. The molecule has 0 aromatic carbocycles. The van der Waals surface area contributed by atoms with Crippen molar-refractivity contribution in [2.75, 3.05) is 46.1 Å². The lowest BCUT2D eigenvalue weighted by atomic mass is 10.0. The summed E-state index contributed by atoms with van der Waals surface area (Å²) in [5.41, 5.74) is 0.915. The second kappa shape index (κ2) is 42.7. The van der Waals surface area contributed by atoms with Crippen LogP contribution in [-0.4, -0.2) is 72.9 Å². The molecule has 1 aromatic rings. The van der Waals surface area contributed by atoms with Gasteiger partial charge in [-0.25, -0.2) is 4.98 Å². The van der Waals surface area contributed by atoms with Crippen molar-refractivity contribution in [2.45, 2.75) is 232 Å². The fourth-order valence-electron chi connectivity index (χ4n) is 7.48. The lowest BCUT2D eigenvalue weighted by Gasteiger charge is -2.23. The SMILES string of the molecule is CCCCCCCCCCCCCCCCCCN(CCCCCCCCCCCCCCCCCC)C(=O)COCCOCCOC(=O)CCc1cnc[nH]1. The lowest BCUT2D eigenvalue weighted by molar-refractivity contribution is -0.145. The summed E-state index contributed by atoms with van der Waals surface area (Å²) in [6, 6.07) is 0. The second-order valence-electron chi connectivity index (χ2n) is 16.4. The Bertz CT molecular complexity index is 907. The van der Waals surface area contributed by atoms with Crippen molar-refractivity contribution in [3.8, 4) is 0 Å². The molecule has 0 radical (unpaired) electrons. The summed E-state index contributed by atoms with van der Waals surface area (Å²) >= 11 is 0. The number of imidazole rings is 1. The van der Waals surface area contributed by atoms with E-state index in [0.717, 1.165) is 31.6 Å². The van der Waals surface area contributed by atoms with E-state index in [-0.39, 0.29) is 25.1 Å². The highest BCUT2D eigenvalue weighted by atomic mass is 16.6. The first-order valence-corrected chi connectivity index (χ1v) is 24.2. The molecule has 1 rings (SSSR count). The Morgan fingerprint density at radius 2 is 0.893 bits per heavy atom. The highest BCUT2D eigenvalue weighted by Gasteiger charge is 2.13. The number of unbranched alkanes of at least 4 members (excludes halogenated alkanes) is 30. The van der Waals surface area contributed by atoms with Gasteiger partial charge in [0.05, 0.1) is 32.6 Å². The Morgan fingerprint density at radius 3 is 1.29 bits per heavy atom. The van der Waals surface area contributed by atoms with E-state index in [1.54, 1.807) is 12.5 Å². The number of amides is 1. The van der Waals surface area contributed by atoms with Crippen molar-refractivity contribution < 1.29 is 23.8 Å². The molecule has 0 spiro atoms. The van der Waals surface area contributed by atoms with Gasteiger partial charge in [0.25, 0.3) is 0 Å². The van der Waals surface area contributed by atoms with Crippen LogP contribution in [0.1, 0.15) is 231 Å². The Morgan fingerprint density at radius 1 is 0.518 bits per heavy atom. The molecule has 1 N–H and O–H groups in total. The number of rotatable bonds is 45. The third kappa shape index (κ3) is 36.4. The summed E-state index contributed by atoms with van der Waals surface area (Å²) in [4.78, 5) is 34.1. The maximum Gasteiger partial charge on any atom is 0.306 e. The number of hydrogen-bond donors (Lipinski definition) is 1. The van der Waals surface area contributed by atoms with Gasteiger partial charge in [0.15, 0.2) is 0 Å². The zero-order valence-corrected chi connectivity index (χ0v) is 37.1.